The van der Waals surface area contributed by atoms with Crippen molar-refractivity contribution in [3.8, 4) is 5.75 Å². The number of rotatable bonds is 0. The van der Waals surface area contributed by atoms with Gasteiger partial charge in [-0.05, 0) is 28.1 Å². The Morgan fingerprint density at radius 2 is 2.27 bits per heavy atom. The molecular weight excluding hydrogens is 211 g/mol. The molecule has 0 aromatic heterocycles. The van der Waals surface area contributed by atoms with Crippen LogP contribution in [0.5, 0.6) is 5.75 Å². The number of fused-ring (bicyclic) bond motifs is 1. The molecule has 1 aliphatic heterocycles. The van der Waals surface area contributed by atoms with Gasteiger partial charge in [0.25, 0.3) is 0 Å². The molecule has 0 spiro atoms. The average molecular weight is 217 g/mol. The van der Waals surface area contributed by atoms with Gasteiger partial charge in [-0.25, -0.2) is 4.39 Å². The average Bonchev–Trinajstić information content (AvgIpc) is 2.45. The highest BCUT2D eigenvalue weighted by Crippen LogP contribution is 2.34. The Morgan fingerprint density at radius 1 is 1.45 bits per heavy atom. The van der Waals surface area contributed by atoms with Crippen LogP contribution < -0.4 is 4.74 Å². The van der Waals surface area contributed by atoms with Crippen LogP contribution in [-0.2, 0) is 6.42 Å². The maximum absolute atomic E-state index is 13.0. The first-order valence-corrected chi connectivity index (χ1v) is 4.18. The molecule has 58 valence electrons. The van der Waals surface area contributed by atoms with Gasteiger partial charge in [-0.1, -0.05) is 0 Å². The van der Waals surface area contributed by atoms with Crippen molar-refractivity contribution in [1.82, 2.24) is 0 Å². The maximum Gasteiger partial charge on any atom is 0.139 e. The van der Waals surface area contributed by atoms with E-state index in [1.807, 2.05) is 0 Å². The third-order valence-corrected chi connectivity index (χ3v) is 2.38. The minimum Gasteiger partial charge on any atom is -0.492 e. The predicted molar refractivity (Wildman–Crippen MR) is 43.3 cm³/mol. The first kappa shape index (κ1) is 7.10. The zero-order chi connectivity index (χ0) is 7.84. The second-order valence-corrected chi connectivity index (χ2v) is 3.29. The van der Waals surface area contributed by atoms with E-state index in [0.29, 0.717) is 24.3 Å². The smallest absolute Gasteiger partial charge is 0.139 e. The van der Waals surface area contributed by atoms with Crippen molar-refractivity contribution < 1.29 is 9.13 Å². The largest absolute Gasteiger partial charge is 0.492 e. The summed E-state index contributed by atoms with van der Waals surface area (Å²) in [6.07, 6.45) is 0.681. The zero-order valence-corrected chi connectivity index (χ0v) is 7.32. The normalized spacial score (nSPS) is 14.4. The number of hydrogen-bond donors (Lipinski definition) is 0. The van der Waals surface area contributed by atoms with Gasteiger partial charge in [0, 0.05) is 12.0 Å². The lowest BCUT2D eigenvalue weighted by Crippen LogP contribution is -1.86. The minimum absolute atomic E-state index is 0.166. The fourth-order valence-electron chi connectivity index (χ4n) is 1.22. The van der Waals surface area contributed by atoms with E-state index in [1.54, 1.807) is 6.07 Å². The molecule has 1 heterocycles. The summed E-state index contributed by atoms with van der Waals surface area (Å²) in [5, 5.41) is 0. The first-order valence-electron chi connectivity index (χ1n) is 3.39. The van der Waals surface area contributed by atoms with E-state index in [1.165, 1.54) is 6.07 Å². The van der Waals surface area contributed by atoms with Crippen LogP contribution in [0.25, 0.3) is 0 Å². The molecule has 0 amide bonds. The second kappa shape index (κ2) is 2.48. The second-order valence-electron chi connectivity index (χ2n) is 2.44. The highest BCUT2D eigenvalue weighted by Gasteiger charge is 2.18. The summed E-state index contributed by atoms with van der Waals surface area (Å²) in [5.74, 6) is 0.505. The van der Waals surface area contributed by atoms with Crippen molar-refractivity contribution in [2.24, 2.45) is 0 Å². The van der Waals surface area contributed by atoms with E-state index in [0.717, 1.165) is 4.47 Å². The molecule has 0 atom stereocenters. The van der Waals surface area contributed by atoms with E-state index in [9.17, 15) is 4.39 Å². The zero-order valence-electron chi connectivity index (χ0n) is 5.73. The lowest BCUT2D eigenvalue weighted by molar-refractivity contribution is 0.355. The van der Waals surface area contributed by atoms with E-state index in [-0.39, 0.29) is 5.82 Å². The summed E-state index contributed by atoms with van der Waals surface area (Å²) in [7, 11) is 0. The lowest BCUT2D eigenvalue weighted by Gasteiger charge is -2.01. The van der Waals surface area contributed by atoms with Crippen LogP contribution in [0, 0.1) is 5.82 Å². The maximum atomic E-state index is 13.0. The van der Waals surface area contributed by atoms with Gasteiger partial charge in [0.15, 0.2) is 0 Å². The molecular formula is C8H6BrFO. The molecule has 1 aromatic carbocycles. The van der Waals surface area contributed by atoms with Gasteiger partial charge in [-0.2, -0.15) is 0 Å². The van der Waals surface area contributed by atoms with Crippen LogP contribution in [-0.4, -0.2) is 6.61 Å². The van der Waals surface area contributed by atoms with Gasteiger partial charge in [0.05, 0.1) is 11.1 Å². The fraction of sp³-hybridized carbons (Fsp3) is 0.250. The topological polar surface area (TPSA) is 9.23 Å². The Balaban J connectivity index is 2.64. The summed E-state index contributed by atoms with van der Waals surface area (Å²) in [4.78, 5) is 0. The van der Waals surface area contributed by atoms with Crippen molar-refractivity contribution in [2.75, 3.05) is 6.61 Å². The SMILES string of the molecule is Fc1ccc(Br)c2c1CCO2. The van der Waals surface area contributed by atoms with Crippen molar-refractivity contribution in [1.29, 1.82) is 0 Å². The van der Waals surface area contributed by atoms with Crippen LogP contribution >= 0.6 is 15.9 Å². The number of halogens is 2. The van der Waals surface area contributed by atoms with Crippen LogP contribution in [0.1, 0.15) is 5.56 Å². The molecule has 0 saturated heterocycles. The Hall–Kier alpha value is -0.570. The summed E-state index contributed by atoms with van der Waals surface area (Å²) in [6, 6.07) is 3.12. The third-order valence-electron chi connectivity index (χ3n) is 1.75. The fourth-order valence-corrected chi connectivity index (χ4v) is 1.71. The molecule has 0 unspecified atom stereocenters. The van der Waals surface area contributed by atoms with Crippen LogP contribution in [0.4, 0.5) is 4.39 Å². The van der Waals surface area contributed by atoms with Crippen molar-refractivity contribution in [2.45, 2.75) is 6.42 Å². The third kappa shape index (κ3) is 1.03. The molecule has 1 nitrogen and oxygen atoms in total. The van der Waals surface area contributed by atoms with Gasteiger partial charge in [-0.3, -0.25) is 0 Å². The van der Waals surface area contributed by atoms with E-state index in [4.69, 9.17) is 4.74 Å². The first-order chi connectivity index (χ1) is 5.29. The summed E-state index contributed by atoms with van der Waals surface area (Å²) in [6.45, 7) is 0.592. The minimum atomic E-state index is -0.166. The summed E-state index contributed by atoms with van der Waals surface area (Å²) < 4.78 is 19.0. The molecule has 1 aromatic rings. The Morgan fingerprint density at radius 3 is 3.00 bits per heavy atom. The standard InChI is InChI=1S/C8H6BrFO/c9-6-1-2-7(10)5-3-4-11-8(5)6/h1-2H,3-4H2. The van der Waals surface area contributed by atoms with Crippen LogP contribution in [0.15, 0.2) is 16.6 Å². The molecule has 0 N–H and O–H groups in total. The van der Waals surface area contributed by atoms with Gasteiger partial charge >= 0.3 is 0 Å². The van der Waals surface area contributed by atoms with Crippen molar-refractivity contribution in [3.63, 3.8) is 0 Å². The van der Waals surface area contributed by atoms with Gasteiger partial charge in [-0.15, -0.1) is 0 Å². The monoisotopic (exact) mass is 216 g/mol. The van der Waals surface area contributed by atoms with Gasteiger partial charge < -0.3 is 4.74 Å². The quantitative estimate of drug-likeness (QED) is 0.648. The lowest BCUT2D eigenvalue weighted by atomic mass is 10.1. The van der Waals surface area contributed by atoms with E-state index >= 15 is 0 Å². The number of hydrogen-bond acceptors (Lipinski definition) is 1. The molecule has 2 rings (SSSR count). The van der Waals surface area contributed by atoms with Crippen molar-refractivity contribution >= 4 is 15.9 Å². The van der Waals surface area contributed by atoms with E-state index < -0.39 is 0 Å². The molecule has 11 heavy (non-hydrogen) atoms. The highest BCUT2D eigenvalue weighted by molar-refractivity contribution is 9.10. The highest BCUT2D eigenvalue weighted by atomic mass is 79.9. The molecule has 1 aliphatic rings. The Kier molecular flexibility index (Phi) is 1.60. The summed E-state index contributed by atoms with van der Waals surface area (Å²) in [5.41, 5.74) is 0.694. The van der Waals surface area contributed by atoms with Gasteiger partial charge in [0.1, 0.15) is 11.6 Å². The van der Waals surface area contributed by atoms with E-state index in [2.05, 4.69) is 15.9 Å². The van der Waals surface area contributed by atoms with Crippen LogP contribution in [0.2, 0.25) is 0 Å². The van der Waals surface area contributed by atoms with Crippen molar-refractivity contribution in [3.05, 3.63) is 28.0 Å². The molecule has 3 heteroatoms. The summed E-state index contributed by atoms with van der Waals surface area (Å²) >= 11 is 3.29. The van der Waals surface area contributed by atoms with Crippen LogP contribution in [0.3, 0.4) is 0 Å². The molecule has 0 fully saturated rings. The predicted octanol–water partition coefficient (Wildman–Crippen LogP) is 2.52. The number of ether oxygens (including phenoxy) is 1. The Bertz CT molecular complexity index is 269. The number of benzene rings is 1. The Labute approximate surface area is 72.3 Å². The molecule has 0 radical (unpaired) electrons. The molecule has 0 aliphatic carbocycles. The van der Waals surface area contributed by atoms with Gasteiger partial charge in [0.2, 0.25) is 0 Å². The molecule has 0 bridgehead atoms. The molecule has 0 saturated carbocycles.